The van der Waals surface area contributed by atoms with Crippen molar-refractivity contribution in [2.75, 3.05) is 0 Å². The molecular formula is C36H21N. The Balaban J connectivity index is 1.35. The molecule has 2 aromatic heterocycles. The highest BCUT2D eigenvalue weighted by Crippen LogP contribution is 2.41. The number of fused-ring (bicyclic) bond motifs is 12. The molecule has 0 aliphatic heterocycles. The summed E-state index contributed by atoms with van der Waals surface area (Å²) in [6.07, 6.45) is 0. The Bertz CT molecular complexity index is 2320. The van der Waals surface area contributed by atoms with Crippen LogP contribution in [0.25, 0.3) is 81.5 Å². The minimum absolute atomic E-state index is 1.25. The highest BCUT2D eigenvalue weighted by molar-refractivity contribution is 6.26. The van der Waals surface area contributed by atoms with Gasteiger partial charge in [-0.05, 0) is 67.7 Å². The second-order valence-electron chi connectivity index (χ2n) is 10.1. The van der Waals surface area contributed by atoms with Crippen LogP contribution in [0.4, 0.5) is 0 Å². The number of aromatic nitrogens is 1. The fraction of sp³-hybridized carbons (Fsp3) is 0. The van der Waals surface area contributed by atoms with E-state index < -0.39 is 0 Å². The SMILES string of the molecule is c1ccc2c(c1)c1ccccc1c1cc(-c3ccc4c(c3)c3cccc5c6ccccc6n4c53)ccc21. The van der Waals surface area contributed by atoms with Crippen LogP contribution in [0.3, 0.4) is 0 Å². The predicted octanol–water partition coefficient (Wildman–Crippen LogP) is 9.96. The van der Waals surface area contributed by atoms with Crippen LogP contribution in [0.15, 0.2) is 127 Å². The molecule has 0 aliphatic rings. The van der Waals surface area contributed by atoms with Gasteiger partial charge in [0.25, 0.3) is 0 Å². The van der Waals surface area contributed by atoms with E-state index in [1.54, 1.807) is 0 Å². The van der Waals surface area contributed by atoms with E-state index in [0.29, 0.717) is 0 Å². The van der Waals surface area contributed by atoms with Gasteiger partial charge in [-0.1, -0.05) is 103 Å². The average molecular weight is 468 g/mol. The first-order valence-corrected chi connectivity index (χ1v) is 12.9. The Morgan fingerprint density at radius 1 is 0.297 bits per heavy atom. The monoisotopic (exact) mass is 467 g/mol. The fourth-order valence-electron chi connectivity index (χ4n) is 6.70. The molecule has 0 unspecified atom stereocenters. The lowest BCUT2D eigenvalue weighted by atomic mass is 9.92. The molecule has 0 radical (unpaired) electrons. The summed E-state index contributed by atoms with van der Waals surface area (Å²) in [5, 5.41) is 13.2. The smallest absolute Gasteiger partial charge is 0.0620 e. The van der Waals surface area contributed by atoms with E-state index >= 15 is 0 Å². The second-order valence-corrected chi connectivity index (χ2v) is 10.1. The lowest BCUT2D eigenvalue weighted by Crippen LogP contribution is -1.85. The highest BCUT2D eigenvalue weighted by Gasteiger charge is 2.17. The fourth-order valence-corrected chi connectivity index (χ4v) is 6.70. The van der Waals surface area contributed by atoms with Gasteiger partial charge in [-0.3, -0.25) is 0 Å². The van der Waals surface area contributed by atoms with Crippen molar-refractivity contribution in [2.45, 2.75) is 0 Å². The number of rotatable bonds is 1. The van der Waals surface area contributed by atoms with Crippen LogP contribution in [0.1, 0.15) is 0 Å². The van der Waals surface area contributed by atoms with Crippen molar-refractivity contribution in [1.29, 1.82) is 0 Å². The maximum Gasteiger partial charge on any atom is 0.0620 e. The molecule has 0 aliphatic carbocycles. The molecule has 9 aromatic rings. The molecule has 7 aromatic carbocycles. The van der Waals surface area contributed by atoms with Gasteiger partial charge in [0.2, 0.25) is 0 Å². The first kappa shape index (κ1) is 19.3. The summed E-state index contributed by atoms with van der Waals surface area (Å²) < 4.78 is 2.44. The number of nitrogens with zero attached hydrogens (tertiary/aromatic N) is 1. The Kier molecular flexibility index (Phi) is 3.59. The van der Waals surface area contributed by atoms with Crippen LogP contribution in [-0.2, 0) is 0 Å². The van der Waals surface area contributed by atoms with Crippen LogP contribution in [0.5, 0.6) is 0 Å². The van der Waals surface area contributed by atoms with Crippen LogP contribution in [-0.4, -0.2) is 4.40 Å². The Labute approximate surface area is 213 Å². The van der Waals surface area contributed by atoms with E-state index in [1.165, 1.54) is 81.5 Å². The molecule has 0 bridgehead atoms. The maximum atomic E-state index is 2.44. The van der Waals surface area contributed by atoms with E-state index in [2.05, 4.69) is 132 Å². The predicted molar refractivity (Wildman–Crippen MR) is 159 cm³/mol. The van der Waals surface area contributed by atoms with Gasteiger partial charge < -0.3 is 4.40 Å². The summed E-state index contributed by atoms with van der Waals surface area (Å²) in [5.41, 5.74) is 6.38. The van der Waals surface area contributed by atoms with E-state index in [9.17, 15) is 0 Å². The molecule has 1 heteroatoms. The van der Waals surface area contributed by atoms with Crippen LogP contribution >= 0.6 is 0 Å². The zero-order valence-corrected chi connectivity index (χ0v) is 20.1. The summed E-state index contributed by atoms with van der Waals surface area (Å²) in [7, 11) is 0. The summed E-state index contributed by atoms with van der Waals surface area (Å²) >= 11 is 0. The highest BCUT2D eigenvalue weighted by atomic mass is 14.9. The largest absolute Gasteiger partial charge is 0.308 e. The van der Waals surface area contributed by atoms with Gasteiger partial charge in [-0.2, -0.15) is 0 Å². The lowest BCUT2D eigenvalue weighted by molar-refractivity contribution is 1.37. The number of hydrogen-bond donors (Lipinski definition) is 0. The summed E-state index contributed by atoms with van der Waals surface area (Å²) in [5.74, 6) is 0. The van der Waals surface area contributed by atoms with Gasteiger partial charge in [0.15, 0.2) is 0 Å². The van der Waals surface area contributed by atoms with Crippen molar-refractivity contribution in [3.8, 4) is 11.1 Å². The molecular weight excluding hydrogens is 446 g/mol. The Hall–Kier alpha value is -4.88. The standard InChI is InChI=1S/C36H21N/c1-2-10-26-24(8-1)25-9-3-4-11-27(25)32-20-22(16-18-28(26)32)23-17-19-35-33(21-23)31-14-7-13-30-29-12-5-6-15-34(29)37(35)36(30)31/h1-21H. The Morgan fingerprint density at radius 2 is 0.757 bits per heavy atom. The molecule has 0 fully saturated rings. The molecule has 0 saturated heterocycles. The molecule has 0 amide bonds. The van der Waals surface area contributed by atoms with Gasteiger partial charge >= 0.3 is 0 Å². The third-order valence-electron chi connectivity index (χ3n) is 8.30. The van der Waals surface area contributed by atoms with Crippen LogP contribution < -0.4 is 0 Å². The lowest BCUT2D eigenvalue weighted by Gasteiger charge is -2.12. The van der Waals surface area contributed by atoms with E-state index in [0.717, 1.165) is 0 Å². The van der Waals surface area contributed by atoms with Crippen molar-refractivity contribution in [3.05, 3.63) is 127 Å². The third-order valence-corrected chi connectivity index (χ3v) is 8.30. The van der Waals surface area contributed by atoms with Crippen molar-refractivity contribution >= 4 is 70.4 Å². The molecule has 1 nitrogen and oxygen atoms in total. The van der Waals surface area contributed by atoms with Crippen molar-refractivity contribution in [2.24, 2.45) is 0 Å². The molecule has 0 saturated carbocycles. The topological polar surface area (TPSA) is 4.41 Å². The second kappa shape index (κ2) is 6.87. The zero-order chi connectivity index (χ0) is 24.1. The summed E-state index contributed by atoms with van der Waals surface area (Å²) in [6.45, 7) is 0. The van der Waals surface area contributed by atoms with Crippen molar-refractivity contribution in [1.82, 2.24) is 4.40 Å². The van der Waals surface area contributed by atoms with Gasteiger partial charge in [0.05, 0.1) is 16.6 Å². The van der Waals surface area contributed by atoms with E-state index in [-0.39, 0.29) is 0 Å². The molecule has 0 spiro atoms. The van der Waals surface area contributed by atoms with Crippen LogP contribution in [0.2, 0.25) is 0 Å². The average Bonchev–Trinajstić information content (AvgIpc) is 3.49. The quantitative estimate of drug-likeness (QED) is 0.212. The summed E-state index contributed by atoms with van der Waals surface area (Å²) in [6, 6.07) is 47.0. The number of benzene rings is 7. The van der Waals surface area contributed by atoms with Gasteiger partial charge in [-0.25, -0.2) is 0 Å². The Morgan fingerprint density at radius 3 is 1.46 bits per heavy atom. The van der Waals surface area contributed by atoms with Crippen LogP contribution in [0, 0.1) is 0 Å². The zero-order valence-electron chi connectivity index (χ0n) is 20.1. The minimum atomic E-state index is 1.25. The molecule has 2 heterocycles. The van der Waals surface area contributed by atoms with Crippen molar-refractivity contribution < 1.29 is 0 Å². The molecule has 170 valence electrons. The third kappa shape index (κ3) is 2.43. The molecule has 9 rings (SSSR count). The first-order valence-electron chi connectivity index (χ1n) is 12.9. The molecule has 37 heavy (non-hydrogen) atoms. The maximum absolute atomic E-state index is 2.44. The van der Waals surface area contributed by atoms with E-state index in [4.69, 9.17) is 0 Å². The van der Waals surface area contributed by atoms with Gasteiger partial charge in [-0.15, -0.1) is 0 Å². The summed E-state index contributed by atoms with van der Waals surface area (Å²) in [4.78, 5) is 0. The minimum Gasteiger partial charge on any atom is -0.308 e. The number of hydrogen-bond acceptors (Lipinski definition) is 0. The number of para-hydroxylation sites is 2. The first-order chi connectivity index (χ1) is 18.4. The van der Waals surface area contributed by atoms with Gasteiger partial charge in [0, 0.05) is 21.5 Å². The molecule has 0 N–H and O–H groups in total. The normalized spacial score (nSPS) is 12.3. The van der Waals surface area contributed by atoms with Gasteiger partial charge in [0.1, 0.15) is 0 Å². The molecule has 0 atom stereocenters. The van der Waals surface area contributed by atoms with Crippen molar-refractivity contribution in [3.63, 3.8) is 0 Å². The van der Waals surface area contributed by atoms with E-state index in [1.807, 2.05) is 0 Å².